The summed E-state index contributed by atoms with van der Waals surface area (Å²) in [6, 6.07) is 6.67. The summed E-state index contributed by atoms with van der Waals surface area (Å²) < 4.78 is 14.2. The van der Waals surface area contributed by atoms with Crippen LogP contribution in [0.15, 0.2) is 41.3 Å². The van der Waals surface area contributed by atoms with Gasteiger partial charge in [-0.3, -0.25) is 14.7 Å². The molecule has 0 saturated heterocycles. The van der Waals surface area contributed by atoms with Crippen molar-refractivity contribution in [3.05, 3.63) is 64.0 Å². The van der Waals surface area contributed by atoms with Crippen LogP contribution in [0.5, 0.6) is 0 Å². The number of hydrogen-bond donors (Lipinski definition) is 2. The average Bonchev–Trinajstić information content (AvgIpc) is 2.90. The Morgan fingerprint density at radius 1 is 1.25 bits per heavy atom. The smallest absolute Gasteiger partial charge is 0.272 e. The lowest BCUT2D eigenvalue weighted by molar-refractivity contribution is 0.102. The van der Waals surface area contributed by atoms with Crippen LogP contribution in [0.3, 0.4) is 0 Å². The van der Waals surface area contributed by atoms with Crippen LogP contribution in [0.2, 0.25) is 0 Å². The molecule has 0 radical (unpaired) electrons. The van der Waals surface area contributed by atoms with E-state index >= 15 is 0 Å². The molecule has 0 spiro atoms. The first-order valence-corrected chi connectivity index (χ1v) is 7.44. The van der Waals surface area contributed by atoms with Gasteiger partial charge in [0.2, 0.25) is 0 Å². The van der Waals surface area contributed by atoms with Gasteiger partial charge in [-0.05, 0) is 24.3 Å². The van der Waals surface area contributed by atoms with Crippen LogP contribution in [0.25, 0.3) is 5.65 Å². The van der Waals surface area contributed by atoms with Crippen LogP contribution < -0.4 is 10.9 Å². The van der Waals surface area contributed by atoms with Gasteiger partial charge in [-0.15, -0.1) is 0 Å². The summed E-state index contributed by atoms with van der Waals surface area (Å²) in [5.41, 5.74) is 1.10. The van der Waals surface area contributed by atoms with Gasteiger partial charge in [0.15, 0.2) is 5.65 Å². The van der Waals surface area contributed by atoms with Gasteiger partial charge in [-0.2, -0.15) is 4.52 Å². The first-order valence-electron chi connectivity index (χ1n) is 7.44. The molecule has 0 aliphatic carbocycles. The van der Waals surface area contributed by atoms with Crippen molar-refractivity contribution >= 4 is 17.2 Å². The largest absolute Gasteiger partial charge is 0.318 e. The quantitative estimate of drug-likeness (QED) is 0.759. The molecule has 3 rings (SSSR count). The first kappa shape index (κ1) is 15.9. The molecule has 6 nitrogen and oxygen atoms in total. The molecule has 0 aliphatic rings. The number of aromatic nitrogens is 3. The summed E-state index contributed by atoms with van der Waals surface area (Å²) in [6.07, 6.45) is 1.50. The molecule has 1 amide bonds. The minimum atomic E-state index is -0.415. The molecule has 0 atom stereocenters. The highest BCUT2D eigenvalue weighted by Gasteiger charge is 2.19. The Hall–Kier alpha value is -2.96. The lowest BCUT2D eigenvalue weighted by Gasteiger charge is -2.17. The number of benzene rings is 1. The minimum Gasteiger partial charge on any atom is -0.318 e. The highest BCUT2D eigenvalue weighted by atomic mass is 19.1. The van der Waals surface area contributed by atoms with E-state index in [9.17, 15) is 14.0 Å². The highest BCUT2D eigenvalue weighted by Crippen LogP contribution is 2.21. The number of rotatable bonds is 2. The molecule has 0 saturated carbocycles. The molecule has 0 bridgehead atoms. The molecule has 0 fully saturated rings. The van der Waals surface area contributed by atoms with Crippen molar-refractivity contribution in [1.82, 2.24) is 14.6 Å². The second-order valence-corrected chi connectivity index (χ2v) is 6.54. The van der Waals surface area contributed by atoms with Crippen molar-refractivity contribution in [2.45, 2.75) is 26.2 Å². The number of halogens is 1. The SMILES string of the molecule is CC(C)(C)c1cc(=O)n2[nH]cc(NC(=O)c3ccc(F)cc3)c2n1. The van der Waals surface area contributed by atoms with E-state index in [1.54, 1.807) is 0 Å². The normalized spacial score (nSPS) is 11.7. The zero-order valence-electron chi connectivity index (χ0n) is 13.6. The number of aromatic amines is 1. The molecule has 124 valence electrons. The van der Waals surface area contributed by atoms with E-state index in [4.69, 9.17) is 0 Å². The molecule has 2 aromatic heterocycles. The predicted molar refractivity (Wildman–Crippen MR) is 88.9 cm³/mol. The van der Waals surface area contributed by atoms with Crippen molar-refractivity contribution < 1.29 is 9.18 Å². The van der Waals surface area contributed by atoms with Crippen molar-refractivity contribution in [2.75, 3.05) is 5.32 Å². The molecule has 7 heteroatoms. The van der Waals surface area contributed by atoms with E-state index in [-0.39, 0.29) is 11.0 Å². The van der Waals surface area contributed by atoms with Gasteiger partial charge < -0.3 is 5.32 Å². The van der Waals surface area contributed by atoms with Gasteiger partial charge in [0.25, 0.3) is 11.5 Å². The number of amides is 1. The Balaban J connectivity index is 2.01. The van der Waals surface area contributed by atoms with E-state index < -0.39 is 11.7 Å². The van der Waals surface area contributed by atoms with Crippen molar-refractivity contribution in [2.24, 2.45) is 0 Å². The number of hydrogen-bond acceptors (Lipinski definition) is 3. The average molecular weight is 328 g/mol. The fraction of sp³-hybridized carbons (Fsp3) is 0.235. The number of carbonyl (C=O) groups excluding carboxylic acids is 1. The Bertz CT molecular complexity index is 965. The maximum atomic E-state index is 13.0. The van der Waals surface area contributed by atoms with Gasteiger partial charge in [0.1, 0.15) is 11.5 Å². The maximum Gasteiger partial charge on any atom is 0.272 e. The number of anilines is 1. The number of H-pyrrole nitrogens is 1. The first-order chi connectivity index (χ1) is 11.3. The second kappa shape index (κ2) is 5.59. The maximum absolute atomic E-state index is 13.0. The number of fused-ring (bicyclic) bond motifs is 1. The molecule has 2 heterocycles. The molecule has 3 aromatic rings. The fourth-order valence-electron chi connectivity index (χ4n) is 2.25. The summed E-state index contributed by atoms with van der Waals surface area (Å²) in [5.74, 6) is -0.825. The Morgan fingerprint density at radius 2 is 1.92 bits per heavy atom. The van der Waals surface area contributed by atoms with Crippen LogP contribution in [-0.2, 0) is 5.41 Å². The summed E-state index contributed by atoms with van der Waals surface area (Å²) in [7, 11) is 0. The third kappa shape index (κ3) is 2.92. The Morgan fingerprint density at radius 3 is 2.54 bits per heavy atom. The van der Waals surface area contributed by atoms with Gasteiger partial charge in [0.05, 0.1) is 5.69 Å². The van der Waals surface area contributed by atoms with Crippen LogP contribution >= 0.6 is 0 Å². The zero-order valence-corrected chi connectivity index (χ0v) is 13.6. The summed E-state index contributed by atoms with van der Waals surface area (Å²) in [4.78, 5) is 28.9. The standard InChI is InChI=1S/C17H17FN4O2/c1-17(2,3)13-8-14(23)22-15(21-13)12(9-19-22)20-16(24)10-4-6-11(18)7-5-10/h4-9,19H,1-3H3,(H,20,24). The Labute approximate surface area is 137 Å². The van der Waals surface area contributed by atoms with Gasteiger partial charge in [-0.25, -0.2) is 9.37 Å². The lowest BCUT2D eigenvalue weighted by atomic mass is 9.92. The number of nitrogens with zero attached hydrogens (tertiary/aromatic N) is 2. The van der Waals surface area contributed by atoms with E-state index in [0.717, 1.165) is 0 Å². The molecule has 0 aliphatic heterocycles. The number of carbonyl (C=O) groups is 1. The minimum absolute atomic E-state index is 0.257. The molecular weight excluding hydrogens is 311 g/mol. The summed E-state index contributed by atoms with van der Waals surface area (Å²) >= 11 is 0. The highest BCUT2D eigenvalue weighted by molar-refractivity contribution is 6.05. The van der Waals surface area contributed by atoms with Crippen LogP contribution in [0.1, 0.15) is 36.8 Å². The topological polar surface area (TPSA) is 79.3 Å². The van der Waals surface area contributed by atoms with Gasteiger partial charge in [-0.1, -0.05) is 20.8 Å². The molecule has 24 heavy (non-hydrogen) atoms. The summed E-state index contributed by atoms with van der Waals surface area (Å²) in [5, 5.41) is 5.46. The number of nitrogens with one attached hydrogen (secondary N) is 2. The van der Waals surface area contributed by atoms with Crippen molar-refractivity contribution in [1.29, 1.82) is 0 Å². The third-order valence-electron chi connectivity index (χ3n) is 3.62. The molecular formula is C17H17FN4O2. The second-order valence-electron chi connectivity index (χ2n) is 6.54. The van der Waals surface area contributed by atoms with Gasteiger partial charge in [0, 0.05) is 23.2 Å². The van der Waals surface area contributed by atoms with Crippen LogP contribution in [0.4, 0.5) is 10.1 Å². The van der Waals surface area contributed by atoms with Crippen molar-refractivity contribution in [3.8, 4) is 0 Å². The lowest BCUT2D eigenvalue weighted by Crippen LogP contribution is -2.22. The fourth-order valence-corrected chi connectivity index (χ4v) is 2.25. The monoisotopic (exact) mass is 328 g/mol. The predicted octanol–water partition coefficient (Wildman–Crippen LogP) is 2.71. The van der Waals surface area contributed by atoms with E-state index in [1.807, 2.05) is 20.8 Å². The zero-order chi connectivity index (χ0) is 17.5. The van der Waals surface area contributed by atoms with E-state index in [2.05, 4.69) is 15.4 Å². The Kier molecular flexibility index (Phi) is 3.71. The van der Waals surface area contributed by atoms with Crippen LogP contribution in [0, 0.1) is 5.82 Å². The molecule has 2 N–H and O–H groups in total. The van der Waals surface area contributed by atoms with Gasteiger partial charge >= 0.3 is 0 Å². The van der Waals surface area contributed by atoms with E-state index in [1.165, 1.54) is 41.0 Å². The molecule has 1 aromatic carbocycles. The van der Waals surface area contributed by atoms with Crippen molar-refractivity contribution in [3.63, 3.8) is 0 Å². The third-order valence-corrected chi connectivity index (χ3v) is 3.62. The molecule has 0 unspecified atom stereocenters. The summed E-state index contributed by atoms with van der Waals surface area (Å²) in [6.45, 7) is 5.86. The van der Waals surface area contributed by atoms with Crippen LogP contribution in [-0.4, -0.2) is 20.5 Å². The van der Waals surface area contributed by atoms with E-state index in [0.29, 0.717) is 22.6 Å².